The zero-order valence-corrected chi connectivity index (χ0v) is 9.80. The Morgan fingerprint density at radius 3 is 2.47 bits per heavy atom. The van der Waals surface area contributed by atoms with Gasteiger partial charge in [0, 0.05) is 41.7 Å². The van der Waals surface area contributed by atoms with E-state index in [-0.39, 0.29) is 24.0 Å². The molecule has 0 aliphatic carbocycles. The summed E-state index contributed by atoms with van der Waals surface area (Å²) in [6, 6.07) is 0. The molecule has 2 N–H and O–H groups in total. The fourth-order valence-electron chi connectivity index (χ4n) is 0.863. The monoisotopic (exact) mass is 235 g/mol. The first-order valence-corrected chi connectivity index (χ1v) is 6.36. The van der Waals surface area contributed by atoms with Gasteiger partial charge in [0.1, 0.15) is 0 Å². The zero-order chi connectivity index (χ0) is 11.8. The van der Waals surface area contributed by atoms with E-state index in [9.17, 15) is 13.8 Å². The van der Waals surface area contributed by atoms with Gasteiger partial charge in [0.2, 0.25) is 5.91 Å². The summed E-state index contributed by atoms with van der Waals surface area (Å²) >= 11 is 0. The highest BCUT2D eigenvalue weighted by atomic mass is 32.2. The van der Waals surface area contributed by atoms with Gasteiger partial charge in [0.05, 0.1) is 0 Å². The van der Waals surface area contributed by atoms with Crippen LogP contribution in [0.1, 0.15) is 26.2 Å². The molecule has 2 atom stereocenters. The standard InChI is InChI=1S/C9H17NO4S/c1-7(15(2)14)6-10-8(11)4-3-5-9(12)13/h7H,3-6H2,1-2H3,(H,10,11)(H,12,13). The van der Waals surface area contributed by atoms with E-state index in [0.717, 1.165) is 0 Å². The Kier molecular flexibility index (Phi) is 6.94. The maximum Gasteiger partial charge on any atom is 0.303 e. The summed E-state index contributed by atoms with van der Waals surface area (Å²) in [5, 5.41) is 10.9. The number of amides is 1. The van der Waals surface area contributed by atoms with Crippen LogP contribution in [0.25, 0.3) is 0 Å². The largest absolute Gasteiger partial charge is 0.481 e. The number of carboxylic acids is 1. The molecular weight excluding hydrogens is 218 g/mol. The van der Waals surface area contributed by atoms with E-state index < -0.39 is 16.8 Å². The van der Waals surface area contributed by atoms with Crippen LogP contribution in [0.4, 0.5) is 0 Å². The van der Waals surface area contributed by atoms with Crippen LogP contribution < -0.4 is 5.32 Å². The van der Waals surface area contributed by atoms with Crippen molar-refractivity contribution in [2.24, 2.45) is 0 Å². The van der Waals surface area contributed by atoms with E-state index in [1.165, 1.54) is 0 Å². The van der Waals surface area contributed by atoms with Gasteiger partial charge >= 0.3 is 5.97 Å². The van der Waals surface area contributed by atoms with Gasteiger partial charge < -0.3 is 10.4 Å². The van der Waals surface area contributed by atoms with E-state index in [1.54, 1.807) is 13.2 Å². The second-order valence-electron chi connectivity index (χ2n) is 3.36. The molecule has 0 spiro atoms. The predicted octanol–water partition coefficient (Wildman–Crippen LogP) is 0.124. The number of carbonyl (C=O) groups is 2. The molecule has 0 heterocycles. The van der Waals surface area contributed by atoms with E-state index in [1.807, 2.05) is 0 Å². The molecule has 0 aromatic carbocycles. The summed E-state index contributed by atoms with van der Waals surface area (Å²) in [7, 11) is -0.949. The lowest BCUT2D eigenvalue weighted by atomic mass is 10.2. The van der Waals surface area contributed by atoms with Crippen LogP contribution >= 0.6 is 0 Å². The molecule has 0 aromatic heterocycles. The Labute approximate surface area is 91.7 Å². The Bertz CT molecular complexity index is 254. The molecule has 0 aliphatic rings. The number of carboxylic acid groups (broad SMARTS) is 1. The lowest BCUT2D eigenvalue weighted by molar-refractivity contribution is -0.137. The molecule has 88 valence electrons. The SMILES string of the molecule is CC(CNC(=O)CCCC(=O)O)S(C)=O. The van der Waals surface area contributed by atoms with Gasteiger partial charge in [-0.2, -0.15) is 0 Å². The molecule has 15 heavy (non-hydrogen) atoms. The number of hydrogen-bond acceptors (Lipinski definition) is 3. The maximum absolute atomic E-state index is 11.1. The molecule has 0 aliphatic heterocycles. The number of nitrogens with one attached hydrogen (secondary N) is 1. The molecule has 2 unspecified atom stereocenters. The number of rotatable bonds is 7. The van der Waals surface area contributed by atoms with Crippen molar-refractivity contribution in [3.8, 4) is 0 Å². The second-order valence-corrected chi connectivity index (χ2v) is 5.16. The molecule has 1 amide bonds. The molecule has 0 saturated heterocycles. The lowest BCUT2D eigenvalue weighted by Crippen LogP contribution is -2.32. The lowest BCUT2D eigenvalue weighted by Gasteiger charge is -2.09. The van der Waals surface area contributed by atoms with Gasteiger partial charge in [0.15, 0.2) is 0 Å². The predicted molar refractivity (Wildman–Crippen MR) is 58.0 cm³/mol. The molecule has 0 bridgehead atoms. The molecular formula is C9H17NO4S. The average Bonchev–Trinajstić information content (AvgIpc) is 2.13. The highest BCUT2D eigenvalue weighted by Gasteiger charge is 2.08. The van der Waals surface area contributed by atoms with E-state index in [4.69, 9.17) is 5.11 Å². The number of hydrogen-bond donors (Lipinski definition) is 2. The molecule has 0 aromatic rings. The van der Waals surface area contributed by atoms with E-state index >= 15 is 0 Å². The summed E-state index contributed by atoms with van der Waals surface area (Å²) < 4.78 is 10.9. The molecule has 5 nitrogen and oxygen atoms in total. The molecule has 0 saturated carbocycles. The highest BCUT2D eigenvalue weighted by Crippen LogP contribution is 1.96. The van der Waals surface area contributed by atoms with Gasteiger partial charge in [-0.1, -0.05) is 0 Å². The van der Waals surface area contributed by atoms with Crippen LogP contribution in [0.15, 0.2) is 0 Å². The first kappa shape index (κ1) is 14.1. The Morgan fingerprint density at radius 1 is 1.40 bits per heavy atom. The number of carbonyl (C=O) groups excluding carboxylic acids is 1. The van der Waals surface area contributed by atoms with Crippen molar-refractivity contribution in [1.29, 1.82) is 0 Å². The van der Waals surface area contributed by atoms with Crippen LogP contribution in [0.2, 0.25) is 0 Å². The van der Waals surface area contributed by atoms with Crippen molar-refractivity contribution in [2.75, 3.05) is 12.8 Å². The van der Waals surface area contributed by atoms with Gasteiger partial charge in [-0.05, 0) is 13.3 Å². The number of aliphatic carboxylic acids is 1. The van der Waals surface area contributed by atoms with Crippen LogP contribution in [-0.2, 0) is 20.4 Å². The first-order valence-electron chi connectivity index (χ1n) is 4.74. The van der Waals surface area contributed by atoms with Crippen molar-refractivity contribution >= 4 is 22.7 Å². The van der Waals surface area contributed by atoms with Crippen molar-refractivity contribution < 1.29 is 18.9 Å². The van der Waals surface area contributed by atoms with Gasteiger partial charge in [-0.15, -0.1) is 0 Å². The summed E-state index contributed by atoms with van der Waals surface area (Å²) in [4.78, 5) is 21.3. The normalized spacial score (nSPS) is 14.3. The first-order chi connectivity index (χ1) is 6.93. The average molecular weight is 235 g/mol. The molecule has 0 rings (SSSR count). The van der Waals surface area contributed by atoms with Crippen molar-refractivity contribution in [2.45, 2.75) is 31.4 Å². The third kappa shape index (κ3) is 8.11. The molecule has 0 radical (unpaired) electrons. The molecule has 6 heteroatoms. The topological polar surface area (TPSA) is 83.5 Å². The second kappa shape index (κ2) is 7.39. The van der Waals surface area contributed by atoms with Crippen LogP contribution in [-0.4, -0.2) is 39.2 Å². The fraction of sp³-hybridized carbons (Fsp3) is 0.778. The summed E-state index contributed by atoms with van der Waals surface area (Å²) in [6.07, 6.45) is 2.13. The van der Waals surface area contributed by atoms with Crippen molar-refractivity contribution in [3.63, 3.8) is 0 Å². The van der Waals surface area contributed by atoms with Crippen LogP contribution in [0.5, 0.6) is 0 Å². The van der Waals surface area contributed by atoms with Crippen LogP contribution in [0.3, 0.4) is 0 Å². The highest BCUT2D eigenvalue weighted by molar-refractivity contribution is 7.84. The van der Waals surface area contributed by atoms with E-state index in [0.29, 0.717) is 13.0 Å². The summed E-state index contributed by atoms with van der Waals surface area (Å²) in [5.74, 6) is -1.08. The fourth-order valence-corrected chi connectivity index (χ4v) is 1.18. The Hall–Kier alpha value is -0.910. The minimum absolute atomic E-state index is 0.00266. The summed E-state index contributed by atoms with van der Waals surface area (Å²) in [5.41, 5.74) is 0. The van der Waals surface area contributed by atoms with Gasteiger partial charge in [-0.25, -0.2) is 0 Å². The maximum atomic E-state index is 11.1. The third-order valence-corrected chi connectivity index (χ3v) is 3.25. The third-order valence-electron chi connectivity index (χ3n) is 1.95. The minimum Gasteiger partial charge on any atom is -0.481 e. The van der Waals surface area contributed by atoms with Gasteiger partial charge in [-0.3, -0.25) is 13.8 Å². The van der Waals surface area contributed by atoms with Crippen molar-refractivity contribution in [1.82, 2.24) is 5.32 Å². The Morgan fingerprint density at radius 2 is 2.00 bits per heavy atom. The Balaban J connectivity index is 3.57. The van der Waals surface area contributed by atoms with Gasteiger partial charge in [0.25, 0.3) is 0 Å². The zero-order valence-electron chi connectivity index (χ0n) is 8.99. The quantitative estimate of drug-likeness (QED) is 0.656. The van der Waals surface area contributed by atoms with Crippen LogP contribution in [0, 0.1) is 0 Å². The smallest absolute Gasteiger partial charge is 0.303 e. The van der Waals surface area contributed by atoms with E-state index in [2.05, 4.69) is 5.32 Å². The van der Waals surface area contributed by atoms with Crippen molar-refractivity contribution in [3.05, 3.63) is 0 Å². The molecule has 0 fully saturated rings. The minimum atomic E-state index is -0.949. The summed E-state index contributed by atoms with van der Waals surface area (Å²) in [6.45, 7) is 2.16.